The number of anilines is 1. The Labute approximate surface area is 115 Å². The Morgan fingerprint density at radius 3 is 2.85 bits per heavy atom. The smallest absolute Gasteiger partial charge is 0.288 e. The number of carbonyl (C=O) groups is 1. The van der Waals surface area contributed by atoms with Crippen LogP contribution < -0.4 is 16.4 Å². The predicted molar refractivity (Wildman–Crippen MR) is 73.4 cm³/mol. The molecule has 0 radical (unpaired) electrons. The molecule has 1 aliphatic rings. The second kappa shape index (κ2) is 5.41. The molecule has 8 heteroatoms. The van der Waals surface area contributed by atoms with Crippen LogP contribution in [0.5, 0.6) is 0 Å². The van der Waals surface area contributed by atoms with Crippen molar-refractivity contribution in [2.45, 2.75) is 19.4 Å². The van der Waals surface area contributed by atoms with Crippen molar-refractivity contribution < 1.29 is 9.72 Å². The lowest BCUT2D eigenvalue weighted by Crippen LogP contribution is -2.46. The van der Waals surface area contributed by atoms with E-state index in [0.29, 0.717) is 18.9 Å². The molecule has 1 fully saturated rings. The molecule has 1 saturated heterocycles. The topological polar surface area (TPSA) is 128 Å². The zero-order valence-corrected chi connectivity index (χ0v) is 11.2. The Hall–Kier alpha value is -2.22. The summed E-state index contributed by atoms with van der Waals surface area (Å²) in [6.45, 7) is 3.31. The van der Waals surface area contributed by atoms with Crippen molar-refractivity contribution >= 4 is 17.4 Å². The van der Waals surface area contributed by atoms with Crippen LogP contribution in [0.1, 0.15) is 23.7 Å². The Morgan fingerprint density at radius 1 is 1.60 bits per heavy atom. The molecule has 2 rings (SSSR count). The Kier molecular flexibility index (Phi) is 3.84. The molecule has 20 heavy (non-hydrogen) atoms. The van der Waals surface area contributed by atoms with Crippen molar-refractivity contribution in [3.05, 3.63) is 27.9 Å². The fourth-order valence-corrected chi connectivity index (χ4v) is 2.34. The third-order valence-electron chi connectivity index (χ3n) is 3.60. The fraction of sp³-hybridized carbons (Fsp3) is 0.500. The van der Waals surface area contributed by atoms with Gasteiger partial charge in [0.1, 0.15) is 12.0 Å². The summed E-state index contributed by atoms with van der Waals surface area (Å²) in [5.74, 6) is -0.0814. The number of aromatic nitrogens is 1. The van der Waals surface area contributed by atoms with Gasteiger partial charge in [0.05, 0.1) is 10.5 Å². The summed E-state index contributed by atoms with van der Waals surface area (Å²) in [5, 5.41) is 10.7. The van der Waals surface area contributed by atoms with Gasteiger partial charge in [0, 0.05) is 25.2 Å². The van der Waals surface area contributed by atoms with E-state index in [9.17, 15) is 14.9 Å². The van der Waals surface area contributed by atoms with Crippen molar-refractivity contribution in [3.63, 3.8) is 0 Å². The van der Waals surface area contributed by atoms with Crippen molar-refractivity contribution in [2.75, 3.05) is 18.0 Å². The molecule has 0 aliphatic carbocycles. The first-order chi connectivity index (χ1) is 9.40. The van der Waals surface area contributed by atoms with Crippen molar-refractivity contribution in [3.8, 4) is 0 Å². The van der Waals surface area contributed by atoms with Crippen molar-refractivity contribution in [2.24, 2.45) is 17.4 Å². The summed E-state index contributed by atoms with van der Waals surface area (Å²) in [7, 11) is 0. The molecular formula is C12H17N5O3. The monoisotopic (exact) mass is 279 g/mol. The summed E-state index contributed by atoms with van der Waals surface area (Å²) in [5.41, 5.74) is 11.1. The van der Waals surface area contributed by atoms with Gasteiger partial charge in [0.15, 0.2) is 0 Å². The Morgan fingerprint density at radius 2 is 2.30 bits per heavy atom. The van der Waals surface area contributed by atoms with Crippen molar-refractivity contribution in [1.82, 2.24) is 4.98 Å². The van der Waals surface area contributed by atoms with Gasteiger partial charge in [-0.15, -0.1) is 0 Å². The van der Waals surface area contributed by atoms with Gasteiger partial charge in [-0.3, -0.25) is 14.9 Å². The summed E-state index contributed by atoms with van der Waals surface area (Å²) in [6, 6.07) is 1.28. The van der Waals surface area contributed by atoms with Gasteiger partial charge in [-0.05, 0) is 12.3 Å². The molecule has 0 spiro atoms. The predicted octanol–water partition coefficient (Wildman–Crippen LogP) is 0.262. The van der Waals surface area contributed by atoms with Gasteiger partial charge < -0.3 is 16.4 Å². The molecule has 0 bridgehead atoms. The molecule has 8 nitrogen and oxygen atoms in total. The van der Waals surface area contributed by atoms with Crippen LogP contribution in [0.2, 0.25) is 0 Å². The van der Waals surface area contributed by atoms with Crippen LogP contribution in [-0.2, 0) is 0 Å². The SMILES string of the molecule is CC1CN(c2ncc([N+](=O)[O-])cc2C(N)=O)CCC1N. The van der Waals surface area contributed by atoms with Crippen LogP contribution in [0.4, 0.5) is 11.5 Å². The first-order valence-electron chi connectivity index (χ1n) is 6.35. The van der Waals surface area contributed by atoms with E-state index in [0.717, 1.165) is 12.6 Å². The Bertz CT molecular complexity index is 548. The van der Waals surface area contributed by atoms with E-state index >= 15 is 0 Å². The van der Waals surface area contributed by atoms with Gasteiger partial charge in [-0.1, -0.05) is 6.92 Å². The lowest BCUT2D eigenvalue weighted by Gasteiger charge is -2.36. The highest BCUT2D eigenvalue weighted by atomic mass is 16.6. The third kappa shape index (κ3) is 2.69. The molecule has 108 valence electrons. The van der Waals surface area contributed by atoms with E-state index in [1.165, 1.54) is 6.07 Å². The van der Waals surface area contributed by atoms with Gasteiger partial charge in [-0.2, -0.15) is 0 Å². The molecule has 2 unspecified atom stereocenters. The molecule has 1 aromatic rings. The molecule has 1 aromatic heterocycles. The first kappa shape index (κ1) is 14.2. The zero-order chi connectivity index (χ0) is 14.9. The maximum Gasteiger partial charge on any atom is 0.288 e. The van der Waals surface area contributed by atoms with Crippen LogP contribution in [0.3, 0.4) is 0 Å². The minimum Gasteiger partial charge on any atom is -0.365 e. The second-order valence-corrected chi connectivity index (χ2v) is 5.06. The number of nitrogens with zero attached hydrogens (tertiary/aromatic N) is 3. The van der Waals surface area contributed by atoms with E-state index < -0.39 is 10.8 Å². The van der Waals surface area contributed by atoms with E-state index in [-0.39, 0.29) is 23.2 Å². The average Bonchev–Trinajstić information content (AvgIpc) is 2.41. The summed E-state index contributed by atoms with van der Waals surface area (Å²) in [6.07, 6.45) is 1.92. The van der Waals surface area contributed by atoms with E-state index in [4.69, 9.17) is 11.5 Å². The highest BCUT2D eigenvalue weighted by Gasteiger charge is 2.27. The number of primary amides is 1. The molecule has 2 atom stereocenters. The van der Waals surface area contributed by atoms with Crippen molar-refractivity contribution in [1.29, 1.82) is 0 Å². The van der Waals surface area contributed by atoms with Crippen LogP contribution in [0.25, 0.3) is 0 Å². The Balaban J connectivity index is 2.36. The minimum atomic E-state index is -0.723. The van der Waals surface area contributed by atoms with Crippen LogP contribution in [0, 0.1) is 16.0 Å². The highest BCUT2D eigenvalue weighted by Crippen LogP contribution is 2.26. The molecule has 0 aromatic carbocycles. The van der Waals surface area contributed by atoms with Gasteiger partial charge in [0.25, 0.3) is 11.6 Å². The molecule has 1 amide bonds. The van der Waals surface area contributed by atoms with Gasteiger partial charge in [0.2, 0.25) is 0 Å². The molecule has 4 N–H and O–H groups in total. The normalized spacial score (nSPS) is 22.6. The quantitative estimate of drug-likeness (QED) is 0.603. The number of carbonyl (C=O) groups excluding carboxylic acids is 1. The van der Waals surface area contributed by atoms with E-state index in [1.807, 2.05) is 11.8 Å². The summed E-state index contributed by atoms with van der Waals surface area (Å²) in [4.78, 5) is 27.6. The number of pyridine rings is 1. The molecule has 0 saturated carbocycles. The molecule has 2 heterocycles. The third-order valence-corrected chi connectivity index (χ3v) is 3.60. The van der Waals surface area contributed by atoms with E-state index in [2.05, 4.69) is 4.98 Å². The van der Waals surface area contributed by atoms with Crippen LogP contribution in [0.15, 0.2) is 12.3 Å². The number of nitro groups is 1. The average molecular weight is 279 g/mol. The van der Waals surface area contributed by atoms with Gasteiger partial charge >= 0.3 is 0 Å². The standard InChI is InChI=1S/C12H17N5O3/c1-7-6-16(3-2-10(7)13)12-9(11(14)18)4-8(5-15-12)17(19)20/h4-5,7,10H,2-3,6,13H2,1H3,(H2,14,18). The van der Waals surface area contributed by atoms with Crippen LogP contribution in [-0.4, -0.2) is 34.9 Å². The van der Waals surface area contributed by atoms with Gasteiger partial charge in [-0.25, -0.2) is 4.98 Å². The van der Waals surface area contributed by atoms with Crippen LogP contribution >= 0.6 is 0 Å². The largest absolute Gasteiger partial charge is 0.365 e. The maximum atomic E-state index is 11.5. The maximum absolute atomic E-state index is 11.5. The first-order valence-corrected chi connectivity index (χ1v) is 6.35. The summed E-state index contributed by atoms with van der Waals surface area (Å²) < 4.78 is 0. The fourth-order valence-electron chi connectivity index (χ4n) is 2.34. The number of hydrogen-bond donors (Lipinski definition) is 2. The molecule has 1 aliphatic heterocycles. The number of nitrogens with two attached hydrogens (primary N) is 2. The number of hydrogen-bond acceptors (Lipinski definition) is 6. The highest BCUT2D eigenvalue weighted by molar-refractivity contribution is 5.98. The zero-order valence-electron chi connectivity index (χ0n) is 11.2. The molecular weight excluding hydrogens is 262 g/mol. The summed E-state index contributed by atoms with van der Waals surface area (Å²) >= 11 is 0. The number of amides is 1. The lowest BCUT2D eigenvalue weighted by molar-refractivity contribution is -0.385. The number of rotatable bonds is 3. The second-order valence-electron chi connectivity index (χ2n) is 5.06. The lowest BCUT2D eigenvalue weighted by atomic mass is 9.94. The minimum absolute atomic E-state index is 0.0712. The van der Waals surface area contributed by atoms with E-state index in [1.54, 1.807) is 0 Å². The number of piperidine rings is 1.